The van der Waals surface area contributed by atoms with Crippen molar-refractivity contribution in [3.8, 4) is 11.5 Å². The third-order valence-electron chi connectivity index (χ3n) is 2.52. The predicted octanol–water partition coefficient (Wildman–Crippen LogP) is 2.07. The van der Waals surface area contributed by atoms with Gasteiger partial charge in [-0.1, -0.05) is 18.2 Å². The van der Waals surface area contributed by atoms with Gasteiger partial charge in [-0.25, -0.2) is 0 Å². The van der Waals surface area contributed by atoms with Gasteiger partial charge in [-0.15, -0.1) is 0 Å². The lowest BCUT2D eigenvalue weighted by Crippen LogP contribution is -2.12. The van der Waals surface area contributed by atoms with Gasteiger partial charge in [0.05, 0.1) is 5.69 Å². The van der Waals surface area contributed by atoms with Crippen molar-refractivity contribution in [1.82, 2.24) is 4.98 Å². The number of aromatic amines is 1. The first-order valence-corrected chi connectivity index (χ1v) is 4.81. The molecule has 3 heteroatoms. The van der Waals surface area contributed by atoms with Crippen molar-refractivity contribution in [3.05, 3.63) is 58.0 Å². The number of para-hydroxylation sites is 1. The van der Waals surface area contributed by atoms with E-state index in [1.165, 1.54) is 6.07 Å². The molecule has 1 N–H and O–H groups in total. The van der Waals surface area contributed by atoms with Crippen molar-refractivity contribution < 1.29 is 4.74 Å². The fourth-order valence-electron chi connectivity index (χ4n) is 1.79. The summed E-state index contributed by atoms with van der Waals surface area (Å²) < 4.78 is 5.66. The van der Waals surface area contributed by atoms with Gasteiger partial charge in [0, 0.05) is 18.1 Å². The highest BCUT2D eigenvalue weighted by molar-refractivity contribution is 5.46. The van der Waals surface area contributed by atoms with Gasteiger partial charge in [-0.05, 0) is 12.1 Å². The molecule has 0 aliphatic carbocycles. The molecule has 0 bridgehead atoms. The maximum absolute atomic E-state index is 11.1. The second-order valence-corrected chi connectivity index (χ2v) is 3.55. The highest BCUT2D eigenvalue weighted by Gasteiger charge is 2.16. The monoisotopic (exact) mass is 199 g/mol. The molecule has 0 unspecified atom stereocenters. The largest absolute Gasteiger partial charge is 0.455 e. The van der Waals surface area contributed by atoms with E-state index < -0.39 is 0 Å². The summed E-state index contributed by atoms with van der Waals surface area (Å²) in [5.74, 6) is 1.62. The van der Waals surface area contributed by atoms with Crippen LogP contribution < -0.4 is 10.3 Å². The fourth-order valence-corrected chi connectivity index (χ4v) is 1.79. The van der Waals surface area contributed by atoms with E-state index in [9.17, 15) is 4.79 Å². The Labute approximate surface area is 86.3 Å². The van der Waals surface area contributed by atoms with Crippen molar-refractivity contribution in [2.24, 2.45) is 0 Å². The van der Waals surface area contributed by atoms with E-state index in [4.69, 9.17) is 4.74 Å². The van der Waals surface area contributed by atoms with E-state index >= 15 is 0 Å². The van der Waals surface area contributed by atoms with Gasteiger partial charge in [0.1, 0.15) is 11.5 Å². The molecule has 0 amide bonds. The Kier molecular flexibility index (Phi) is 1.65. The van der Waals surface area contributed by atoms with E-state index in [0.29, 0.717) is 0 Å². The summed E-state index contributed by atoms with van der Waals surface area (Å²) in [4.78, 5) is 13.9. The van der Waals surface area contributed by atoms with Crippen LogP contribution in [0, 0.1) is 0 Å². The summed E-state index contributed by atoms with van der Waals surface area (Å²) in [7, 11) is 0. The highest BCUT2D eigenvalue weighted by atomic mass is 16.5. The van der Waals surface area contributed by atoms with E-state index in [0.717, 1.165) is 29.2 Å². The summed E-state index contributed by atoms with van der Waals surface area (Å²) in [6, 6.07) is 11.0. The molecule has 3 rings (SSSR count). The summed E-state index contributed by atoms with van der Waals surface area (Å²) >= 11 is 0. The zero-order valence-corrected chi connectivity index (χ0v) is 7.99. The minimum absolute atomic E-state index is 0.0864. The number of fused-ring (bicyclic) bond motifs is 2. The van der Waals surface area contributed by atoms with Crippen LogP contribution in [0.3, 0.4) is 0 Å². The van der Waals surface area contributed by atoms with Gasteiger partial charge in [0.15, 0.2) is 0 Å². The summed E-state index contributed by atoms with van der Waals surface area (Å²) in [6.45, 7) is 0. The summed E-state index contributed by atoms with van der Waals surface area (Å²) in [5.41, 5.74) is 1.87. The number of pyridine rings is 1. The molecular weight excluding hydrogens is 190 g/mol. The molecule has 1 aromatic heterocycles. The summed E-state index contributed by atoms with van der Waals surface area (Å²) in [5, 5.41) is 0. The molecule has 3 nitrogen and oxygen atoms in total. The molecule has 0 spiro atoms. The van der Waals surface area contributed by atoms with Gasteiger partial charge >= 0.3 is 0 Å². The topological polar surface area (TPSA) is 42.1 Å². The molecule has 0 saturated carbocycles. The smallest absolute Gasteiger partial charge is 0.248 e. The maximum atomic E-state index is 11.1. The van der Waals surface area contributed by atoms with E-state index in [2.05, 4.69) is 4.98 Å². The lowest BCUT2D eigenvalue weighted by atomic mass is 10.1. The Morgan fingerprint density at radius 3 is 2.87 bits per heavy atom. The normalized spacial score (nSPS) is 12.5. The molecule has 0 radical (unpaired) electrons. The van der Waals surface area contributed by atoms with Crippen molar-refractivity contribution in [2.45, 2.75) is 6.42 Å². The number of benzene rings is 1. The number of nitrogens with one attached hydrogen (secondary N) is 1. The van der Waals surface area contributed by atoms with E-state index in [1.807, 2.05) is 24.3 Å². The van der Waals surface area contributed by atoms with Crippen molar-refractivity contribution >= 4 is 0 Å². The maximum Gasteiger partial charge on any atom is 0.248 e. The standard InChI is InChI=1S/C12H9NO2/c14-12-6-5-11-9(13-12)7-8-3-1-2-4-10(8)15-11/h1-6H,7H2,(H,13,14). The Hall–Kier alpha value is -2.03. The molecule has 15 heavy (non-hydrogen) atoms. The second-order valence-electron chi connectivity index (χ2n) is 3.55. The second kappa shape index (κ2) is 2.98. The molecule has 0 atom stereocenters. The number of hydrogen-bond donors (Lipinski definition) is 1. The number of ether oxygens (including phenoxy) is 1. The Balaban J connectivity index is 2.15. The van der Waals surface area contributed by atoms with Gasteiger partial charge in [0.2, 0.25) is 5.56 Å². The highest BCUT2D eigenvalue weighted by Crippen LogP contribution is 2.33. The average molecular weight is 199 g/mol. The van der Waals surface area contributed by atoms with Crippen LogP contribution in [0.2, 0.25) is 0 Å². The lowest BCUT2D eigenvalue weighted by molar-refractivity contribution is 0.455. The average Bonchev–Trinajstić information content (AvgIpc) is 2.26. The van der Waals surface area contributed by atoms with Crippen LogP contribution in [0.5, 0.6) is 11.5 Å². The first-order chi connectivity index (χ1) is 7.33. The minimum Gasteiger partial charge on any atom is -0.455 e. The van der Waals surface area contributed by atoms with Crippen LogP contribution in [0.1, 0.15) is 11.3 Å². The van der Waals surface area contributed by atoms with Crippen LogP contribution in [-0.2, 0) is 6.42 Å². The summed E-state index contributed by atoms with van der Waals surface area (Å²) in [6.07, 6.45) is 0.724. The first-order valence-electron chi connectivity index (χ1n) is 4.81. The van der Waals surface area contributed by atoms with Crippen LogP contribution in [-0.4, -0.2) is 4.98 Å². The zero-order chi connectivity index (χ0) is 10.3. The molecule has 1 aliphatic heterocycles. The SMILES string of the molecule is O=c1ccc2c([nH]1)Cc1ccccc1O2. The van der Waals surface area contributed by atoms with Crippen molar-refractivity contribution in [2.75, 3.05) is 0 Å². The molecule has 2 heterocycles. The molecule has 0 saturated heterocycles. The van der Waals surface area contributed by atoms with E-state index in [-0.39, 0.29) is 5.56 Å². The number of hydrogen-bond acceptors (Lipinski definition) is 2. The zero-order valence-electron chi connectivity index (χ0n) is 7.99. The Bertz CT molecular complexity index is 572. The Morgan fingerprint density at radius 1 is 1.07 bits per heavy atom. The molecule has 74 valence electrons. The molecule has 1 aromatic carbocycles. The van der Waals surface area contributed by atoms with Crippen LogP contribution >= 0.6 is 0 Å². The lowest BCUT2D eigenvalue weighted by Gasteiger charge is -2.18. The van der Waals surface area contributed by atoms with Gasteiger partial charge in [0.25, 0.3) is 0 Å². The molecule has 0 fully saturated rings. The number of rotatable bonds is 0. The number of H-pyrrole nitrogens is 1. The van der Waals surface area contributed by atoms with Gasteiger partial charge in [-0.2, -0.15) is 0 Å². The van der Waals surface area contributed by atoms with Gasteiger partial charge < -0.3 is 9.72 Å². The van der Waals surface area contributed by atoms with Crippen LogP contribution in [0.25, 0.3) is 0 Å². The quantitative estimate of drug-likeness (QED) is 0.602. The first kappa shape index (κ1) is 8.29. The van der Waals surface area contributed by atoms with Crippen LogP contribution in [0.15, 0.2) is 41.2 Å². The van der Waals surface area contributed by atoms with Crippen molar-refractivity contribution in [1.29, 1.82) is 0 Å². The molecule has 2 aromatic rings. The third-order valence-corrected chi connectivity index (χ3v) is 2.52. The molecule has 1 aliphatic rings. The van der Waals surface area contributed by atoms with Crippen molar-refractivity contribution in [3.63, 3.8) is 0 Å². The Morgan fingerprint density at radius 2 is 1.93 bits per heavy atom. The number of aromatic nitrogens is 1. The van der Waals surface area contributed by atoms with E-state index in [1.54, 1.807) is 6.07 Å². The van der Waals surface area contributed by atoms with Gasteiger partial charge in [-0.3, -0.25) is 4.79 Å². The fraction of sp³-hybridized carbons (Fsp3) is 0.0833. The predicted molar refractivity (Wildman–Crippen MR) is 56.4 cm³/mol. The third kappa shape index (κ3) is 1.32. The molecular formula is C12H9NO2. The minimum atomic E-state index is -0.0864. The van der Waals surface area contributed by atoms with Crippen LogP contribution in [0.4, 0.5) is 0 Å².